The summed E-state index contributed by atoms with van der Waals surface area (Å²) in [4.78, 5) is 9.51. The number of ether oxygens (including phenoxy) is 2. The molecule has 0 radical (unpaired) electrons. The smallest absolute Gasteiger partial charge is 0.173 e. The zero-order chi connectivity index (χ0) is 22.3. The van der Waals surface area contributed by atoms with Gasteiger partial charge in [-0.25, -0.2) is 9.98 Å². The number of nitrogens with zero attached hydrogens (tertiary/aromatic N) is 3. The van der Waals surface area contributed by atoms with Crippen LogP contribution < -0.4 is 14.9 Å². The first-order chi connectivity index (χ1) is 15.7. The predicted octanol–water partition coefficient (Wildman–Crippen LogP) is 5.26. The van der Waals surface area contributed by atoms with Gasteiger partial charge in [0, 0.05) is 5.39 Å². The lowest BCUT2D eigenvalue weighted by atomic mass is 10.2. The topological polar surface area (TPSA) is 68.1 Å². The number of hydrogen-bond donors (Lipinski definition) is 1. The van der Waals surface area contributed by atoms with Crippen LogP contribution in [-0.4, -0.2) is 31.3 Å². The Hall–Kier alpha value is -4.19. The molecule has 0 aliphatic rings. The molecule has 6 nitrogen and oxygen atoms in total. The largest absolute Gasteiger partial charge is 0.493 e. The standard InChI is InChI=1S/C26H24N4O2/c1-18-8-12-21(13-9-18)28-26(23-14-11-20-6-4-5-7-22(20)29-23)30-27-17-19-10-15-24(31-2)25(16-19)32-3/h4-17H,1-3H3,(H,28,30)/b27-17+. The molecule has 4 rings (SSSR count). The molecule has 0 atom stereocenters. The van der Waals surface area contributed by atoms with Crippen LogP contribution in [0.25, 0.3) is 10.9 Å². The van der Waals surface area contributed by atoms with Gasteiger partial charge in [0.2, 0.25) is 0 Å². The van der Waals surface area contributed by atoms with Crippen LogP contribution in [-0.2, 0) is 0 Å². The summed E-state index contributed by atoms with van der Waals surface area (Å²) in [5.74, 6) is 1.86. The number of pyridine rings is 1. The minimum absolute atomic E-state index is 0.552. The van der Waals surface area contributed by atoms with E-state index in [2.05, 4.69) is 10.5 Å². The van der Waals surface area contributed by atoms with Gasteiger partial charge in [0.15, 0.2) is 17.3 Å². The van der Waals surface area contributed by atoms with E-state index in [0.29, 0.717) is 23.0 Å². The van der Waals surface area contributed by atoms with E-state index in [4.69, 9.17) is 19.5 Å². The van der Waals surface area contributed by atoms with E-state index < -0.39 is 0 Å². The molecule has 0 bridgehead atoms. The van der Waals surface area contributed by atoms with Crippen molar-refractivity contribution in [3.05, 3.63) is 95.7 Å². The molecular weight excluding hydrogens is 400 g/mol. The van der Waals surface area contributed by atoms with Crippen LogP contribution in [0.4, 0.5) is 5.69 Å². The molecule has 1 heterocycles. The minimum atomic E-state index is 0.552. The average Bonchev–Trinajstić information content (AvgIpc) is 2.84. The Morgan fingerprint density at radius 2 is 1.66 bits per heavy atom. The van der Waals surface area contributed by atoms with Crippen LogP contribution in [0.2, 0.25) is 0 Å². The van der Waals surface area contributed by atoms with Crippen LogP contribution in [0.5, 0.6) is 11.5 Å². The van der Waals surface area contributed by atoms with Gasteiger partial charge in [-0.2, -0.15) is 5.10 Å². The van der Waals surface area contributed by atoms with Gasteiger partial charge < -0.3 is 9.47 Å². The molecule has 0 saturated carbocycles. The summed E-state index contributed by atoms with van der Waals surface area (Å²) in [7, 11) is 3.21. The molecule has 4 aromatic rings. The molecule has 0 unspecified atom stereocenters. The van der Waals surface area contributed by atoms with E-state index in [1.807, 2.05) is 85.8 Å². The third-order valence-corrected chi connectivity index (χ3v) is 4.91. The predicted molar refractivity (Wildman–Crippen MR) is 129 cm³/mol. The normalized spacial score (nSPS) is 11.7. The molecule has 0 aliphatic heterocycles. The summed E-state index contributed by atoms with van der Waals surface area (Å²) in [6.07, 6.45) is 1.70. The SMILES string of the molecule is COc1ccc(/C=N/NC(=Nc2ccc(C)cc2)c2ccc3ccccc3n2)cc1OC. The molecular formula is C26H24N4O2. The van der Waals surface area contributed by atoms with Crippen LogP contribution in [0.3, 0.4) is 0 Å². The monoisotopic (exact) mass is 424 g/mol. The second-order valence-electron chi connectivity index (χ2n) is 7.17. The Morgan fingerprint density at radius 3 is 2.44 bits per heavy atom. The van der Waals surface area contributed by atoms with E-state index in [1.54, 1.807) is 20.4 Å². The summed E-state index contributed by atoms with van der Waals surface area (Å²) < 4.78 is 10.7. The molecule has 32 heavy (non-hydrogen) atoms. The maximum absolute atomic E-state index is 5.36. The molecule has 0 amide bonds. The van der Waals surface area contributed by atoms with Crippen molar-refractivity contribution in [3.8, 4) is 11.5 Å². The number of methoxy groups -OCH3 is 2. The highest BCUT2D eigenvalue weighted by Crippen LogP contribution is 2.26. The number of nitrogens with one attached hydrogen (secondary N) is 1. The van der Waals surface area contributed by atoms with Gasteiger partial charge >= 0.3 is 0 Å². The van der Waals surface area contributed by atoms with Crippen molar-refractivity contribution in [2.75, 3.05) is 14.2 Å². The van der Waals surface area contributed by atoms with Crippen molar-refractivity contribution in [2.45, 2.75) is 6.92 Å². The summed E-state index contributed by atoms with van der Waals surface area (Å²) in [5.41, 5.74) is 7.51. The van der Waals surface area contributed by atoms with Gasteiger partial charge in [-0.05, 0) is 55.0 Å². The average molecular weight is 425 g/mol. The quantitative estimate of drug-likeness (QED) is 0.260. The van der Waals surface area contributed by atoms with E-state index in [0.717, 1.165) is 22.2 Å². The van der Waals surface area contributed by atoms with E-state index in [9.17, 15) is 0 Å². The van der Waals surface area contributed by atoms with Gasteiger partial charge in [-0.15, -0.1) is 0 Å². The third-order valence-electron chi connectivity index (χ3n) is 4.91. The number of aryl methyl sites for hydroxylation is 1. The van der Waals surface area contributed by atoms with E-state index in [1.165, 1.54) is 5.56 Å². The fraction of sp³-hybridized carbons (Fsp3) is 0.115. The Morgan fingerprint density at radius 1 is 0.875 bits per heavy atom. The molecule has 0 spiro atoms. The van der Waals surface area contributed by atoms with Gasteiger partial charge in [-0.1, -0.05) is 42.0 Å². The second-order valence-corrected chi connectivity index (χ2v) is 7.17. The molecule has 0 fully saturated rings. The van der Waals surface area contributed by atoms with Crippen molar-refractivity contribution in [1.29, 1.82) is 0 Å². The van der Waals surface area contributed by atoms with E-state index >= 15 is 0 Å². The van der Waals surface area contributed by atoms with Crippen LogP contribution >= 0.6 is 0 Å². The highest BCUT2D eigenvalue weighted by Gasteiger charge is 2.07. The first kappa shape index (κ1) is 21.1. The zero-order valence-electron chi connectivity index (χ0n) is 18.2. The van der Waals surface area contributed by atoms with Crippen LogP contribution in [0, 0.1) is 6.92 Å². The summed E-state index contributed by atoms with van der Waals surface area (Å²) in [5, 5.41) is 5.47. The second kappa shape index (κ2) is 9.75. The number of benzene rings is 3. The summed E-state index contributed by atoms with van der Waals surface area (Å²) >= 11 is 0. The number of amidine groups is 1. The number of hydrogen-bond acceptors (Lipinski definition) is 5. The van der Waals surface area contributed by atoms with Gasteiger partial charge in [0.25, 0.3) is 0 Å². The molecule has 3 aromatic carbocycles. The Kier molecular flexibility index (Phi) is 6.41. The molecule has 160 valence electrons. The van der Waals surface area contributed by atoms with Gasteiger partial charge in [0.05, 0.1) is 31.6 Å². The van der Waals surface area contributed by atoms with Crippen LogP contribution in [0.15, 0.2) is 89.0 Å². The fourth-order valence-electron chi connectivity index (χ4n) is 3.19. The van der Waals surface area contributed by atoms with Gasteiger partial charge in [0.1, 0.15) is 5.69 Å². The van der Waals surface area contributed by atoms with Crippen molar-refractivity contribution < 1.29 is 9.47 Å². The molecule has 1 N–H and O–H groups in total. The first-order valence-electron chi connectivity index (χ1n) is 10.2. The number of hydrazone groups is 1. The Labute approximate surface area is 187 Å². The molecule has 6 heteroatoms. The van der Waals surface area contributed by atoms with Crippen molar-refractivity contribution in [2.24, 2.45) is 10.1 Å². The first-order valence-corrected chi connectivity index (χ1v) is 10.2. The van der Waals surface area contributed by atoms with Gasteiger partial charge in [-0.3, -0.25) is 5.43 Å². The number of aromatic nitrogens is 1. The van der Waals surface area contributed by atoms with Crippen LogP contribution in [0.1, 0.15) is 16.8 Å². The summed E-state index contributed by atoms with van der Waals surface area (Å²) in [6, 6.07) is 25.5. The maximum Gasteiger partial charge on any atom is 0.173 e. The van der Waals surface area contributed by atoms with Crippen molar-refractivity contribution >= 4 is 28.6 Å². The zero-order valence-corrected chi connectivity index (χ0v) is 18.2. The Bertz CT molecular complexity index is 1280. The Balaban J connectivity index is 1.66. The number of rotatable bonds is 6. The van der Waals surface area contributed by atoms with E-state index in [-0.39, 0.29) is 0 Å². The minimum Gasteiger partial charge on any atom is -0.493 e. The lowest BCUT2D eigenvalue weighted by molar-refractivity contribution is 0.355. The molecule has 1 aromatic heterocycles. The summed E-state index contributed by atoms with van der Waals surface area (Å²) in [6.45, 7) is 2.05. The lowest BCUT2D eigenvalue weighted by Crippen LogP contribution is -2.20. The highest BCUT2D eigenvalue weighted by atomic mass is 16.5. The molecule has 0 saturated heterocycles. The maximum atomic E-state index is 5.36. The fourth-order valence-corrected chi connectivity index (χ4v) is 3.19. The number of aliphatic imine (C=N–C) groups is 1. The van der Waals surface area contributed by atoms with Crippen molar-refractivity contribution in [3.63, 3.8) is 0 Å². The molecule has 0 aliphatic carbocycles. The highest BCUT2D eigenvalue weighted by molar-refractivity contribution is 6.00. The van der Waals surface area contributed by atoms with Crippen molar-refractivity contribution in [1.82, 2.24) is 10.4 Å². The number of fused-ring (bicyclic) bond motifs is 1. The lowest BCUT2D eigenvalue weighted by Gasteiger charge is -2.08. The number of para-hydroxylation sites is 1. The third kappa shape index (κ3) is 4.92.